The maximum atomic E-state index is 14.0. The van der Waals surface area contributed by atoms with Crippen molar-refractivity contribution in [2.45, 2.75) is 38.0 Å². The average Bonchev–Trinajstić information content (AvgIpc) is 3.45. The second kappa shape index (κ2) is 10.6. The lowest BCUT2D eigenvalue weighted by Crippen LogP contribution is -2.33. The van der Waals surface area contributed by atoms with E-state index in [4.69, 9.17) is 4.84 Å². The van der Waals surface area contributed by atoms with Gasteiger partial charge in [0.2, 0.25) is 5.91 Å². The van der Waals surface area contributed by atoms with Crippen LogP contribution in [0.5, 0.6) is 0 Å². The molecule has 0 aromatic heterocycles. The van der Waals surface area contributed by atoms with Crippen LogP contribution >= 0.6 is 0 Å². The number of oxime groups is 1. The zero-order chi connectivity index (χ0) is 25.9. The number of nitrogens with one attached hydrogen (secondary N) is 2. The molecule has 1 amide bonds. The Kier molecular flexibility index (Phi) is 7.07. The molecule has 1 aliphatic heterocycles. The van der Waals surface area contributed by atoms with E-state index in [2.05, 4.69) is 15.8 Å². The van der Waals surface area contributed by atoms with Crippen molar-refractivity contribution in [2.24, 2.45) is 5.16 Å². The van der Waals surface area contributed by atoms with Crippen LogP contribution in [-0.2, 0) is 9.63 Å². The molecule has 0 saturated heterocycles. The molecule has 3 N–H and O–H groups in total. The van der Waals surface area contributed by atoms with E-state index >= 15 is 0 Å². The molecule has 7 nitrogen and oxygen atoms in total. The topological polar surface area (TPSA) is 100 Å². The number of anilines is 1. The second-order valence-corrected chi connectivity index (χ2v) is 9.05. The maximum Gasteiger partial charge on any atom is 0.224 e. The molecule has 190 valence electrons. The van der Waals surface area contributed by atoms with Gasteiger partial charge in [0.1, 0.15) is 24.0 Å². The normalized spacial score (nSPS) is 16.6. The highest BCUT2D eigenvalue weighted by Crippen LogP contribution is 2.40. The molecular formula is C28H25F2N3O4. The van der Waals surface area contributed by atoms with Crippen molar-refractivity contribution in [1.29, 1.82) is 0 Å². The lowest BCUT2D eigenvalue weighted by Gasteiger charge is -2.16. The first-order chi connectivity index (χ1) is 17.9. The second-order valence-electron chi connectivity index (χ2n) is 9.05. The van der Waals surface area contributed by atoms with Crippen LogP contribution in [0.4, 0.5) is 14.5 Å². The summed E-state index contributed by atoms with van der Waals surface area (Å²) in [7, 11) is 0. The zero-order valence-corrected chi connectivity index (χ0v) is 19.8. The number of hydrogen-bond acceptors (Lipinski definition) is 6. The molecule has 0 bridgehead atoms. The van der Waals surface area contributed by atoms with Crippen LogP contribution in [0.3, 0.4) is 0 Å². The monoisotopic (exact) mass is 505 g/mol. The number of fused-ring (bicyclic) bond motifs is 3. The molecule has 9 heteroatoms. The molecule has 2 atom stereocenters. The number of halogens is 2. The van der Waals surface area contributed by atoms with Gasteiger partial charge < -0.3 is 15.3 Å². The number of aliphatic hydroxyl groups excluding tert-OH is 1. The summed E-state index contributed by atoms with van der Waals surface area (Å²) in [6, 6.07) is 16.0. The minimum absolute atomic E-state index is 0.102. The maximum absolute atomic E-state index is 14.0. The third-order valence-corrected chi connectivity index (χ3v) is 6.45. The molecule has 0 spiro atoms. The number of rotatable bonds is 9. The predicted octanol–water partition coefficient (Wildman–Crippen LogP) is 4.39. The van der Waals surface area contributed by atoms with Gasteiger partial charge in [0.15, 0.2) is 5.78 Å². The van der Waals surface area contributed by atoms with E-state index in [-0.39, 0.29) is 36.5 Å². The molecule has 1 aliphatic carbocycles. The number of aliphatic hydroxyl groups is 1. The number of carbonyl (C=O) groups excluding carboxylic acids is 2. The van der Waals surface area contributed by atoms with Crippen molar-refractivity contribution in [2.75, 3.05) is 11.9 Å². The molecule has 0 saturated carbocycles. The minimum atomic E-state index is -0.908. The fourth-order valence-electron chi connectivity index (χ4n) is 4.68. The van der Waals surface area contributed by atoms with Crippen LogP contribution in [0, 0.1) is 11.6 Å². The third kappa shape index (κ3) is 5.28. The summed E-state index contributed by atoms with van der Waals surface area (Å²) >= 11 is 0. The fourth-order valence-corrected chi connectivity index (χ4v) is 4.68. The van der Waals surface area contributed by atoms with Crippen LogP contribution in [0.1, 0.15) is 47.2 Å². The molecule has 3 aromatic carbocycles. The fraction of sp³-hybridized carbons (Fsp3) is 0.250. The van der Waals surface area contributed by atoms with Crippen molar-refractivity contribution in [3.05, 3.63) is 89.0 Å². The molecule has 2 unspecified atom stereocenters. The highest BCUT2D eigenvalue weighted by molar-refractivity contribution is 6.25. The molecule has 0 radical (unpaired) electrons. The summed E-state index contributed by atoms with van der Waals surface area (Å²) in [4.78, 5) is 30.7. The predicted molar refractivity (Wildman–Crippen MR) is 134 cm³/mol. The molecule has 5 rings (SSSR count). The first-order valence-electron chi connectivity index (χ1n) is 12.1. The van der Waals surface area contributed by atoms with Gasteiger partial charge in [-0.05, 0) is 42.3 Å². The first kappa shape index (κ1) is 24.7. The Morgan fingerprint density at radius 1 is 1.05 bits per heavy atom. The Labute approximate surface area is 212 Å². The largest absolute Gasteiger partial charge is 0.392 e. The van der Waals surface area contributed by atoms with Crippen LogP contribution in [0.15, 0.2) is 65.8 Å². The van der Waals surface area contributed by atoms with Gasteiger partial charge in [-0.3, -0.25) is 14.9 Å². The number of carbonyl (C=O) groups is 2. The quantitative estimate of drug-likeness (QED) is 0.232. The lowest BCUT2D eigenvalue weighted by atomic mass is 10.0. The zero-order valence-electron chi connectivity index (χ0n) is 19.8. The molecule has 2 aliphatic rings. The molecule has 0 fully saturated rings. The van der Waals surface area contributed by atoms with Gasteiger partial charge in [0.25, 0.3) is 0 Å². The van der Waals surface area contributed by atoms with Gasteiger partial charge in [-0.15, -0.1) is 0 Å². The van der Waals surface area contributed by atoms with Crippen molar-refractivity contribution >= 4 is 23.1 Å². The summed E-state index contributed by atoms with van der Waals surface area (Å²) in [5.41, 5.74) is 3.83. The Morgan fingerprint density at radius 2 is 1.84 bits per heavy atom. The average molecular weight is 506 g/mol. The lowest BCUT2D eigenvalue weighted by molar-refractivity contribution is -0.116. The number of amides is 1. The Morgan fingerprint density at radius 3 is 2.65 bits per heavy atom. The van der Waals surface area contributed by atoms with Gasteiger partial charge >= 0.3 is 0 Å². The van der Waals surface area contributed by atoms with Crippen molar-refractivity contribution in [3.63, 3.8) is 0 Å². The van der Waals surface area contributed by atoms with Crippen LogP contribution < -0.4 is 10.6 Å². The summed E-state index contributed by atoms with van der Waals surface area (Å²) < 4.78 is 27.1. The number of nitrogens with zero attached hydrogens (tertiary/aromatic N) is 1. The van der Waals surface area contributed by atoms with Crippen LogP contribution in [0.25, 0.3) is 11.1 Å². The van der Waals surface area contributed by atoms with E-state index in [1.807, 2.05) is 30.3 Å². The van der Waals surface area contributed by atoms with E-state index in [1.54, 1.807) is 12.1 Å². The van der Waals surface area contributed by atoms with Crippen LogP contribution in [-0.4, -0.2) is 41.4 Å². The SMILES string of the molecule is O=C(CCCNC(O)CC1CC(c2ccc(F)cc2F)=NO1)Nc1cccc2c1C(=O)c1ccccc1-2. The summed E-state index contributed by atoms with van der Waals surface area (Å²) in [6.45, 7) is 0.374. The number of benzene rings is 3. The van der Waals surface area contributed by atoms with Gasteiger partial charge in [-0.2, -0.15) is 0 Å². The Bertz CT molecular complexity index is 1390. The van der Waals surface area contributed by atoms with Gasteiger partial charge in [-0.25, -0.2) is 8.78 Å². The summed E-state index contributed by atoms with van der Waals surface area (Å²) in [5.74, 6) is -1.71. The van der Waals surface area contributed by atoms with E-state index in [9.17, 15) is 23.5 Å². The molecule has 3 aromatic rings. The molecule has 37 heavy (non-hydrogen) atoms. The first-order valence-corrected chi connectivity index (χ1v) is 12.1. The van der Waals surface area contributed by atoms with E-state index in [0.29, 0.717) is 35.5 Å². The molecule has 1 heterocycles. The summed E-state index contributed by atoms with van der Waals surface area (Å²) in [5, 5.41) is 19.9. The Balaban J connectivity index is 1.06. The number of ketones is 1. The smallest absolute Gasteiger partial charge is 0.224 e. The van der Waals surface area contributed by atoms with Gasteiger partial charge in [-0.1, -0.05) is 41.6 Å². The van der Waals surface area contributed by atoms with E-state index in [0.717, 1.165) is 23.3 Å². The molecular weight excluding hydrogens is 480 g/mol. The third-order valence-electron chi connectivity index (χ3n) is 6.45. The Hall–Kier alpha value is -3.95. The van der Waals surface area contributed by atoms with E-state index in [1.165, 1.54) is 6.07 Å². The van der Waals surface area contributed by atoms with E-state index < -0.39 is 24.0 Å². The van der Waals surface area contributed by atoms with Crippen LogP contribution in [0.2, 0.25) is 0 Å². The van der Waals surface area contributed by atoms with Crippen molar-refractivity contribution in [1.82, 2.24) is 5.32 Å². The standard InChI is InChI=1S/C28H25F2N3O4/c29-16-10-11-21(22(30)13-16)24-14-17(37-33-24)15-26(35)31-12-4-9-25(34)32-23-8-3-7-19-18-5-1-2-6-20(18)28(36)27(19)23/h1-3,5-8,10-11,13,17,26,31,35H,4,9,12,14-15H2,(H,32,34). The summed E-state index contributed by atoms with van der Waals surface area (Å²) in [6.07, 6.45) is -0.211. The van der Waals surface area contributed by atoms with Gasteiger partial charge in [0, 0.05) is 36.5 Å². The van der Waals surface area contributed by atoms with Crippen molar-refractivity contribution < 1.29 is 28.3 Å². The number of hydrogen-bond donors (Lipinski definition) is 3. The van der Waals surface area contributed by atoms with Crippen molar-refractivity contribution in [3.8, 4) is 11.1 Å². The van der Waals surface area contributed by atoms with Gasteiger partial charge in [0.05, 0.1) is 17.0 Å². The highest BCUT2D eigenvalue weighted by atomic mass is 19.1. The highest BCUT2D eigenvalue weighted by Gasteiger charge is 2.29. The minimum Gasteiger partial charge on any atom is -0.392 e.